The van der Waals surface area contributed by atoms with Crippen molar-refractivity contribution in [1.82, 2.24) is 10.2 Å². The van der Waals surface area contributed by atoms with Crippen molar-refractivity contribution in [3.8, 4) is 0 Å². The van der Waals surface area contributed by atoms with Gasteiger partial charge in [-0.3, -0.25) is 19.8 Å². The molecule has 0 spiro atoms. The highest BCUT2D eigenvalue weighted by Crippen LogP contribution is 2.42. The first kappa shape index (κ1) is 28.3. The molecule has 0 aliphatic carbocycles. The van der Waals surface area contributed by atoms with Crippen molar-refractivity contribution in [1.29, 1.82) is 0 Å². The third-order valence-corrected chi connectivity index (χ3v) is 6.69. The summed E-state index contributed by atoms with van der Waals surface area (Å²) < 4.78 is 18.8. The van der Waals surface area contributed by atoms with Crippen LogP contribution in [0, 0.1) is 10.1 Å². The van der Waals surface area contributed by atoms with Gasteiger partial charge in [0.25, 0.3) is 11.6 Å². The molecule has 2 amide bonds. The first-order valence-corrected chi connectivity index (χ1v) is 12.3. The van der Waals surface area contributed by atoms with Crippen LogP contribution in [0.5, 0.6) is 0 Å². The summed E-state index contributed by atoms with van der Waals surface area (Å²) in [5.41, 5.74) is 0.630. The van der Waals surface area contributed by atoms with Crippen LogP contribution in [-0.4, -0.2) is 75.9 Å². The summed E-state index contributed by atoms with van der Waals surface area (Å²) in [5.74, 6) is -1.30. The highest BCUT2D eigenvalue weighted by molar-refractivity contribution is 8.00. The number of β-lactam (4-membered cyclic amide) rings is 1. The summed E-state index contributed by atoms with van der Waals surface area (Å²) in [4.78, 5) is 49.4. The lowest BCUT2D eigenvalue weighted by Gasteiger charge is -2.49. The van der Waals surface area contributed by atoms with Gasteiger partial charge in [-0.1, -0.05) is 34.8 Å². The fourth-order valence-electron chi connectivity index (χ4n) is 3.44. The van der Waals surface area contributed by atoms with Crippen LogP contribution < -0.4 is 5.32 Å². The minimum atomic E-state index is -1.86. The smallest absolute Gasteiger partial charge is 0.408 e. The molecule has 0 saturated carbocycles. The topological polar surface area (TPSA) is 147 Å². The van der Waals surface area contributed by atoms with E-state index in [1.165, 1.54) is 50.2 Å². The highest BCUT2D eigenvalue weighted by Gasteiger charge is 2.55. The Balaban J connectivity index is 1.68. The van der Waals surface area contributed by atoms with Crippen molar-refractivity contribution in [3.05, 3.63) is 51.2 Å². The molecule has 16 heteroatoms. The van der Waals surface area contributed by atoms with Gasteiger partial charge in [-0.2, -0.15) is 0 Å². The second kappa shape index (κ2) is 11.8. The van der Waals surface area contributed by atoms with E-state index >= 15 is 0 Å². The Morgan fingerprint density at radius 3 is 2.42 bits per heavy atom. The predicted molar refractivity (Wildman–Crippen MR) is 129 cm³/mol. The highest BCUT2D eigenvalue weighted by atomic mass is 35.6. The number of ether oxygens (including phenoxy) is 4. The van der Waals surface area contributed by atoms with Crippen LogP contribution in [0.15, 0.2) is 35.5 Å². The van der Waals surface area contributed by atoms with Crippen molar-refractivity contribution in [2.24, 2.45) is 0 Å². The van der Waals surface area contributed by atoms with Gasteiger partial charge in [0.2, 0.25) is 3.79 Å². The molecule has 2 atom stereocenters. The van der Waals surface area contributed by atoms with Gasteiger partial charge in [-0.05, 0) is 17.7 Å². The molecule has 1 fully saturated rings. The van der Waals surface area contributed by atoms with E-state index in [4.69, 9.17) is 53.8 Å². The number of hydrogen-bond acceptors (Lipinski definition) is 10. The Bertz CT molecular complexity index is 1060. The predicted octanol–water partition coefficient (Wildman–Crippen LogP) is 2.89. The average molecular weight is 585 g/mol. The molecule has 1 N–H and O–H groups in total. The maximum atomic E-state index is 12.9. The number of thioether (sulfide) groups is 1. The third-order valence-electron chi connectivity index (χ3n) is 5.06. The second-order valence-corrected chi connectivity index (χ2v) is 11.0. The molecule has 2 heterocycles. The number of nitro groups is 1. The minimum Gasteiger partial charge on any atom is -0.456 e. The van der Waals surface area contributed by atoms with Crippen LogP contribution >= 0.6 is 46.6 Å². The molecule has 2 aliphatic heterocycles. The van der Waals surface area contributed by atoms with E-state index in [2.05, 4.69) is 5.32 Å². The number of carbonyl (C=O) groups is 3. The van der Waals surface area contributed by atoms with Crippen LogP contribution in [0.2, 0.25) is 0 Å². The van der Waals surface area contributed by atoms with Gasteiger partial charge < -0.3 is 24.3 Å². The maximum absolute atomic E-state index is 12.9. The molecule has 3 rings (SSSR count). The quantitative estimate of drug-likeness (QED) is 0.115. The average Bonchev–Trinajstić information content (AvgIpc) is 2.84. The van der Waals surface area contributed by atoms with Crippen LogP contribution in [0.4, 0.5) is 10.5 Å². The largest absolute Gasteiger partial charge is 0.456 e. The molecular formula is C20H20Cl3N3O9S. The minimum absolute atomic E-state index is 0.0996. The number of benzene rings is 1. The van der Waals surface area contributed by atoms with Crippen molar-refractivity contribution in [2.45, 2.75) is 28.1 Å². The van der Waals surface area contributed by atoms with E-state index in [1.54, 1.807) is 0 Å². The van der Waals surface area contributed by atoms with Gasteiger partial charge in [0.1, 0.15) is 30.3 Å². The number of methoxy groups -OCH3 is 2. The van der Waals surface area contributed by atoms with Crippen molar-refractivity contribution in [2.75, 3.05) is 26.6 Å². The van der Waals surface area contributed by atoms with E-state index in [0.29, 0.717) is 11.1 Å². The fourth-order valence-corrected chi connectivity index (χ4v) is 4.96. The van der Waals surface area contributed by atoms with E-state index in [0.717, 1.165) is 4.90 Å². The summed E-state index contributed by atoms with van der Waals surface area (Å²) in [6, 6.07) is 4.47. The monoisotopic (exact) mass is 583 g/mol. The number of nitrogens with zero attached hydrogens (tertiary/aromatic N) is 2. The number of esters is 1. The van der Waals surface area contributed by atoms with Gasteiger partial charge in [0.15, 0.2) is 6.29 Å². The molecule has 1 aromatic rings. The van der Waals surface area contributed by atoms with Crippen molar-refractivity contribution in [3.63, 3.8) is 0 Å². The van der Waals surface area contributed by atoms with Crippen LogP contribution in [0.1, 0.15) is 5.56 Å². The number of non-ortho nitro benzene ring substituents is 1. The number of rotatable bonds is 9. The number of fused-ring (bicyclic) bond motifs is 1. The van der Waals surface area contributed by atoms with Gasteiger partial charge in [-0.25, -0.2) is 9.59 Å². The normalized spacial score (nSPS) is 19.5. The molecule has 36 heavy (non-hydrogen) atoms. The van der Waals surface area contributed by atoms with Crippen LogP contribution in [-0.2, 0) is 35.1 Å². The SMILES string of the molecule is COC(OC)C1=C(C(=O)OCC(Cl)(Cl)Cl)N2C(=O)[C@@H](NC(=O)OCc3ccc([N+](=O)[O-])cc3)[C@@H]2SC1. The number of amides is 2. The first-order valence-electron chi connectivity index (χ1n) is 10.1. The number of alkyl halides is 3. The van der Waals surface area contributed by atoms with E-state index < -0.39 is 51.0 Å². The molecule has 196 valence electrons. The lowest BCUT2D eigenvalue weighted by molar-refractivity contribution is -0.384. The van der Waals surface area contributed by atoms with E-state index in [-0.39, 0.29) is 23.7 Å². The number of alkyl carbamates (subject to hydrolysis) is 1. The Morgan fingerprint density at radius 1 is 1.22 bits per heavy atom. The standard InChI is InChI=1S/C20H20Cl3N3O9S/c1-32-18(33-2)12-8-36-16-13(15(27)25(16)14(12)17(28)35-9-20(21,22)23)24-19(29)34-7-10-3-5-11(6-4-10)26(30)31/h3-6,13,16,18H,7-9H2,1-2H3,(H,24,29)/t13-,16+/m1/s1. The van der Waals surface area contributed by atoms with Gasteiger partial charge in [0, 0.05) is 37.7 Å². The van der Waals surface area contributed by atoms with Crippen molar-refractivity contribution >= 4 is 70.2 Å². The van der Waals surface area contributed by atoms with Crippen LogP contribution in [0.25, 0.3) is 0 Å². The van der Waals surface area contributed by atoms with Gasteiger partial charge in [0.05, 0.1) is 4.92 Å². The Morgan fingerprint density at radius 2 is 1.86 bits per heavy atom. The maximum Gasteiger partial charge on any atom is 0.408 e. The molecule has 2 aliphatic rings. The number of nitro benzene ring substituents is 1. The van der Waals surface area contributed by atoms with Crippen molar-refractivity contribution < 1.29 is 38.3 Å². The molecule has 1 aromatic carbocycles. The molecule has 0 unspecified atom stereocenters. The zero-order valence-corrected chi connectivity index (χ0v) is 21.9. The molecule has 0 radical (unpaired) electrons. The van der Waals surface area contributed by atoms with Gasteiger partial charge in [-0.15, -0.1) is 11.8 Å². The lowest BCUT2D eigenvalue weighted by atomic mass is 10.0. The zero-order chi connectivity index (χ0) is 26.6. The summed E-state index contributed by atoms with van der Waals surface area (Å²) in [7, 11) is 2.73. The van der Waals surface area contributed by atoms with E-state index in [1.807, 2.05) is 0 Å². The summed E-state index contributed by atoms with van der Waals surface area (Å²) >= 11 is 18.3. The Hall–Kier alpha value is -2.29. The van der Waals surface area contributed by atoms with Crippen LogP contribution in [0.3, 0.4) is 0 Å². The number of halogens is 3. The second-order valence-electron chi connectivity index (χ2n) is 7.40. The summed E-state index contributed by atoms with van der Waals surface area (Å²) in [5, 5.41) is 12.6. The number of carbonyl (C=O) groups excluding carboxylic acids is 3. The molecule has 0 aromatic heterocycles. The summed E-state index contributed by atoms with van der Waals surface area (Å²) in [6.07, 6.45) is -1.83. The zero-order valence-electron chi connectivity index (χ0n) is 18.8. The number of hydrogen-bond donors (Lipinski definition) is 1. The van der Waals surface area contributed by atoms with Gasteiger partial charge >= 0.3 is 12.1 Å². The molecule has 12 nitrogen and oxygen atoms in total. The molecule has 0 bridgehead atoms. The summed E-state index contributed by atoms with van der Waals surface area (Å²) in [6.45, 7) is -0.733. The lowest BCUT2D eigenvalue weighted by Crippen LogP contribution is -2.71. The molecular weight excluding hydrogens is 565 g/mol. The Labute approximate surface area is 224 Å². The van der Waals surface area contributed by atoms with E-state index in [9.17, 15) is 24.5 Å². The molecule has 1 saturated heterocycles. The first-order chi connectivity index (χ1) is 17.0. The third kappa shape index (κ3) is 6.52. The Kier molecular flexibility index (Phi) is 9.30. The number of nitrogens with one attached hydrogen (secondary N) is 1. The fraction of sp³-hybridized carbons (Fsp3) is 0.450.